The summed E-state index contributed by atoms with van der Waals surface area (Å²) in [4.78, 5) is 4.75. The van der Waals surface area contributed by atoms with Gasteiger partial charge in [-0.3, -0.25) is 4.84 Å². The number of alkyl halides is 3. The van der Waals surface area contributed by atoms with Crippen LogP contribution in [-0.2, 0) is 10.4 Å². The van der Waals surface area contributed by atoms with Crippen molar-refractivity contribution in [3.05, 3.63) is 33.8 Å². The molecule has 0 spiro atoms. The van der Waals surface area contributed by atoms with E-state index >= 15 is 0 Å². The van der Waals surface area contributed by atoms with E-state index in [9.17, 15) is 13.2 Å². The highest BCUT2D eigenvalue weighted by Gasteiger charge is 2.57. The molecule has 2 nitrogen and oxygen atoms in total. The van der Waals surface area contributed by atoms with Gasteiger partial charge in [0.1, 0.15) is 0 Å². The average Bonchev–Trinajstić information content (AvgIpc) is 2.22. The standard InChI is InChI=1S/C11H12Cl2F3NO/c1-3-10(18-17-2,11(14,15)16)7-4-8(12)6-9(13)5-7/h4-6,17H,3H2,1-2H3. The molecule has 1 atom stereocenters. The maximum absolute atomic E-state index is 13.3. The SMILES string of the molecule is CCC(ONC)(c1cc(Cl)cc(Cl)c1)C(F)(F)F. The number of hydrogen-bond acceptors (Lipinski definition) is 2. The third-order valence-electron chi connectivity index (χ3n) is 2.56. The van der Waals surface area contributed by atoms with E-state index < -0.39 is 11.8 Å². The Bertz CT molecular complexity index is 405. The third kappa shape index (κ3) is 2.91. The van der Waals surface area contributed by atoms with Gasteiger partial charge in [0.25, 0.3) is 0 Å². The maximum Gasteiger partial charge on any atom is 0.423 e. The summed E-state index contributed by atoms with van der Waals surface area (Å²) < 4.78 is 39.8. The van der Waals surface area contributed by atoms with Gasteiger partial charge in [0.05, 0.1) is 0 Å². The Kier molecular flexibility index (Phi) is 4.89. The monoisotopic (exact) mass is 301 g/mol. The molecule has 0 bridgehead atoms. The molecule has 1 aromatic carbocycles. The Labute approximate surface area is 113 Å². The molecule has 1 unspecified atom stereocenters. The van der Waals surface area contributed by atoms with Gasteiger partial charge in [0.2, 0.25) is 5.60 Å². The zero-order chi connectivity index (χ0) is 14.0. The van der Waals surface area contributed by atoms with Crippen LogP contribution in [-0.4, -0.2) is 13.2 Å². The molecule has 1 aromatic rings. The van der Waals surface area contributed by atoms with Gasteiger partial charge in [-0.25, -0.2) is 5.48 Å². The van der Waals surface area contributed by atoms with Crippen LogP contribution in [0.4, 0.5) is 13.2 Å². The van der Waals surface area contributed by atoms with Gasteiger partial charge < -0.3 is 0 Å². The third-order valence-corrected chi connectivity index (χ3v) is 3.00. The molecular weight excluding hydrogens is 290 g/mol. The Hall–Kier alpha value is -0.490. The number of benzene rings is 1. The lowest BCUT2D eigenvalue weighted by Crippen LogP contribution is -2.47. The molecule has 0 aliphatic rings. The zero-order valence-corrected chi connectivity index (χ0v) is 11.2. The van der Waals surface area contributed by atoms with Crippen molar-refractivity contribution < 1.29 is 18.0 Å². The average molecular weight is 302 g/mol. The van der Waals surface area contributed by atoms with Gasteiger partial charge in [-0.05, 0) is 30.2 Å². The number of hydrogen-bond donors (Lipinski definition) is 1. The van der Waals surface area contributed by atoms with Crippen molar-refractivity contribution in [1.29, 1.82) is 0 Å². The van der Waals surface area contributed by atoms with Crippen molar-refractivity contribution in [2.75, 3.05) is 7.05 Å². The van der Waals surface area contributed by atoms with Gasteiger partial charge in [0, 0.05) is 17.1 Å². The molecule has 0 aromatic heterocycles. The summed E-state index contributed by atoms with van der Waals surface area (Å²) in [6.07, 6.45) is -4.91. The van der Waals surface area contributed by atoms with E-state index in [2.05, 4.69) is 5.48 Å². The van der Waals surface area contributed by atoms with Gasteiger partial charge >= 0.3 is 6.18 Å². The molecule has 0 radical (unpaired) electrons. The summed E-state index contributed by atoms with van der Waals surface area (Å²) in [6.45, 7) is 1.37. The molecule has 18 heavy (non-hydrogen) atoms. The highest BCUT2D eigenvalue weighted by Crippen LogP contribution is 2.45. The first kappa shape index (κ1) is 15.6. The number of nitrogens with one attached hydrogen (secondary N) is 1. The van der Waals surface area contributed by atoms with Crippen LogP contribution in [0, 0.1) is 0 Å². The molecule has 0 saturated carbocycles. The van der Waals surface area contributed by atoms with E-state index in [1.54, 1.807) is 0 Å². The molecule has 1 N–H and O–H groups in total. The van der Waals surface area contributed by atoms with Crippen molar-refractivity contribution in [1.82, 2.24) is 5.48 Å². The first-order valence-electron chi connectivity index (χ1n) is 5.15. The highest BCUT2D eigenvalue weighted by molar-refractivity contribution is 6.34. The molecule has 102 valence electrons. The van der Waals surface area contributed by atoms with Crippen molar-refractivity contribution in [2.24, 2.45) is 0 Å². The Morgan fingerprint density at radius 2 is 1.67 bits per heavy atom. The summed E-state index contributed by atoms with van der Waals surface area (Å²) in [5.41, 5.74) is -0.513. The van der Waals surface area contributed by atoms with Crippen LogP contribution in [0.5, 0.6) is 0 Å². The van der Waals surface area contributed by atoms with Crippen LogP contribution in [0.15, 0.2) is 18.2 Å². The van der Waals surface area contributed by atoms with Crippen molar-refractivity contribution in [3.63, 3.8) is 0 Å². The highest BCUT2D eigenvalue weighted by atomic mass is 35.5. The van der Waals surface area contributed by atoms with Gasteiger partial charge in [-0.2, -0.15) is 13.2 Å². The number of rotatable bonds is 4. The largest absolute Gasteiger partial charge is 0.423 e. The van der Waals surface area contributed by atoms with Crippen LogP contribution in [0.3, 0.4) is 0 Å². The fourth-order valence-corrected chi connectivity index (χ4v) is 2.24. The molecule has 0 saturated heterocycles. The van der Waals surface area contributed by atoms with Gasteiger partial charge in [-0.15, -0.1) is 0 Å². The first-order valence-corrected chi connectivity index (χ1v) is 5.90. The Morgan fingerprint density at radius 1 is 1.17 bits per heavy atom. The van der Waals surface area contributed by atoms with E-state index in [1.165, 1.54) is 32.2 Å². The molecule has 0 heterocycles. The Balaban J connectivity index is 3.42. The molecule has 0 aliphatic heterocycles. The van der Waals surface area contributed by atoms with Gasteiger partial charge in [-0.1, -0.05) is 30.1 Å². The minimum absolute atomic E-state index is 0.124. The molecule has 0 fully saturated rings. The van der Waals surface area contributed by atoms with Crippen LogP contribution < -0.4 is 5.48 Å². The molecule has 0 aliphatic carbocycles. The van der Waals surface area contributed by atoms with E-state index in [0.717, 1.165) is 0 Å². The first-order chi connectivity index (χ1) is 8.26. The second kappa shape index (κ2) is 5.65. The minimum Gasteiger partial charge on any atom is -0.281 e. The molecule has 0 amide bonds. The lowest BCUT2D eigenvalue weighted by Gasteiger charge is -2.34. The lowest BCUT2D eigenvalue weighted by molar-refractivity contribution is -0.303. The summed E-state index contributed by atoms with van der Waals surface area (Å²) in [6, 6.07) is 3.76. The van der Waals surface area contributed by atoms with Gasteiger partial charge in [0.15, 0.2) is 0 Å². The molecule has 1 rings (SSSR count). The summed E-state index contributed by atoms with van der Waals surface area (Å²) in [7, 11) is 1.27. The number of halogens is 5. The molecular formula is C11H12Cl2F3NO. The quantitative estimate of drug-likeness (QED) is 0.837. The van der Waals surface area contributed by atoms with E-state index in [1.807, 2.05) is 0 Å². The summed E-state index contributed by atoms with van der Waals surface area (Å²) >= 11 is 11.5. The predicted molar refractivity (Wildman–Crippen MR) is 64.6 cm³/mol. The van der Waals surface area contributed by atoms with E-state index in [0.29, 0.717) is 0 Å². The van der Waals surface area contributed by atoms with Crippen molar-refractivity contribution in [3.8, 4) is 0 Å². The van der Waals surface area contributed by atoms with Crippen molar-refractivity contribution >= 4 is 23.2 Å². The number of hydroxylamine groups is 1. The smallest absolute Gasteiger partial charge is 0.281 e. The summed E-state index contributed by atoms with van der Waals surface area (Å²) in [5, 5.41) is 0.249. The van der Waals surface area contributed by atoms with E-state index in [-0.39, 0.29) is 22.0 Å². The predicted octanol–water partition coefficient (Wildman–Crippen LogP) is 4.31. The zero-order valence-electron chi connectivity index (χ0n) is 9.74. The fourth-order valence-electron chi connectivity index (χ4n) is 1.72. The lowest BCUT2D eigenvalue weighted by atomic mass is 9.90. The van der Waals surface area contributed by atoms with Crippen LogP contribution in [0.25, 0.3) is 0 Å². The van der Waals surface area contributed by atoms with Crippen LogP contribution >= 0.6 is 23.2 Å². The van der Waals surface area contributed by atoms with Crippen molar-refractivity contribution in [2.45, 2.75) is 25.1 Å². The second-order valence-electron chi connectivity index (χ2n) is 3.64. The normalized spacial score (nSPS) is 15.5. The molecule has 7 heteroatoms. The summed E-state index contributed by atoms with van der Waals surface area (Å²) in [5.74, 6) is 0. The Morgan fingerprint density at radius 3 is 2.00 bits per heavy atom. The van der Waals surface area contributed by atoms with Crippen LogP contribution in [0.2, 0.25) is 10.0 Å². The second-order valence-corrected chi connectivity index (χ2v) is 4.52. The fraction of sp³-hybridized carbons (Fsp3) is 0.455. The van der Waals surface area contributed by atoms with E-state index in [4.69, 9.17) is 28.0 Å². The topological polar surface area (TPSA) is 21.3 Å². The van der Waals surface area contributed by atoms with Crippen LogP contribution in [0.1, 0.15) is 18.9 Å². The minimum atomic E-state index is -4.60. The maximum atomic E-state index is 13.3.